The van der Waals surface area contributed by atoms with E-state index in [4.69, 9.17) is 4.42 Å². The number of nitrogens with zero attached hydrogens (tertiary/aromatic N) is 3. The molecule has 0 saturated carbocycles. The van der Waals surface area contributed by atoms with Crippen LogP contribution in [0.1, 0.15) is 15.9 Å². The van der Waals surface area contributed by atoms with E-state index in [0.29, 0.717) is 34.6 Å². The lowest BCUT2D eigenvalue weighted by Crippen LogP contribution is -2.50. The summed E-state index contributed by atoms with van der Waals surface area (Å²) in [6.07, 6.45) is 1.34. The monoisotopic (exact) mass is 385 g/mol. The van der Waals surface area contributed by atoms with Crippen LogP contribution in [0.2, 0.25) is 0 Å². The molecule has 1 aliphatic rings. The van der Waals surface area contributed by atoms with Crippen molar-refractivity contribution in [1.82, 2.24) is 14.2 Å². The van der Waals surface area contributed by atoms with E-state index in [0.717, 1.165) is 5.56 Å². The third kappa shape index (κ3) is 3.33. The van der Waals surface area contributed by atoms with Gasteiger partial charge in [0.25, 0.3) is 5.91 Å². The van der Waals surface area contributed by atoms with Crippen LogP contribution >= 0.6 is 0 Å². The fourth-order valence-electron chi connectivity index (χ4n) is 3.23. The van der Waals surface area contributed by atoms with Crippen molar-refractivity contribution in [2.45, 2.75) is 11.8 Å². The Labute approximate surface area is 157 Å². The molecule has 7 nitrogen and oxygen atoms in total. The highest BCUT2D eigenvalue weighted by Gasteiger charge is 2.30. The summed E-state index contributed by atoms with van der Waals surface area (Å²) < 4.78 is 32.2. The van der Waals surface area contributed by atoms with Gasteiger partial charge in [-0.25, -0.2) is 13.4 Å². The van der Waals surface area contributed by atoms with E-state index in [9.17, 15) is 13.2 Å². The third-order valence-electron chi connectivity index (χ3n) is 4.73. The topological polar surface area (TPSA) is 83.7 Å². The minimum absolute atomic E-state index is 0.132. The first-order chi connectivity index (χ1) is 12.9. The molecule has 0 atom stereocenters. The van der Waals surface area contributed by atoms with E-state index < -0.39 is 10.0 Å². The van der Waals surface area contributed by atoms with Crippen LogP contribution in [0.25, 0.3) is 11.1 Å². The van der Waals surface area contributed by atoms with Crippen LogP contribution in [0.4, 0.5) is 0 Å². The molecular formula is C19H19N3O4S. The van der Waals surface area contributed by atoms with Crippen molar-refractivity contribution in [2.75, 3.05) is 26.2 Å². The molecule has 3 aromatic rings. The number of fused-ring (bicyclic) bond motifs is 1. The summed E-state index contributed by atoms with van der Waals surface area (Å²) >= 11 is 0. The second kappa shape index (κ2) is 6.79. The minimum Gasteiger partial charge on any atom is -0.443 e. The Morgan fingerprint density at radius 3 is 2.59 bits per heavy atom. The summed E-state index contributed by atoms with van der Waals surface area (Å²) in [5.41, 5.74) is 2.67. The predicted molar refractivity (Wildman–Crippen MR) is 99.9 cm³/mol. The lowest BCUT2D eigenvalue weighted by Gasteiger charge is -2.34. The summed E-state index contributed by atoms with van der Waals surface area (Å²) in [5.74, 6) is -0.132. The quantitative estimate of drug-likeness (QED) is 0.691. The van der Waals surface area contributed by atoms with Crippen LogP contribution in [0.15, 0.2) is 58.2 Å². The van der Waals surface area contributed by atoms with E-state index >= 15 is 0 Å². The maximum absolute atomic E-state index is 12.8. The second-order valence-corrected chi connectivity index (χ2v) is 8.49. The molecule has 1 amide bonds. The Balaban J connectivity index is 1.47. The van der Waals surface area contributed by atoms with Crippen LogP contribution in [-0.4, -0.2) is 54.7 Å². The van der Waals surface area contributed by atoms with Crippen molar-refractivity contribution < 1.29 is 17.6 Å². The summed E-state index contributed by atoms with van der Waals surface area (Å²) in [4.78, 5) is 18.8. The molecule has 0 radical (unpaired) electrons. The van der Waals surface area contributed by atoms with Crippen molar-refractivity contribution in [3.8, 4) is 0 Å². The van der Waals surface area contributed by atoms with Crippen LogP contribution < -0.4 is 0 Å². The van der Waals surface area contributed by atoms with Crippen molar-refractivity contribution >= 4 is 27.0 Å². The summed E-state index contributed by atoms with van der Waals surface area (Å²) in [7, 11) is -3.55. The van der Waals surface area contributed by atoms with E-state index in [1.807, 2.05) is 13.0 Å². The molecule has 0 N–H and O–H groups in total. The maximum Gasteiger partial charge on any atom is 0.254 e. The molecule has 1 saturated heterocycles. The average molecular weight is 385 g/mol. The zero-order valence-electron chi connectivity index (χ0n) is 14.8. The molecule has 140 valence electrons. The highest BCUT2D eigenvalue weighted by molar-refractivity contribution is 7.89. The Bertz CT molecular complexity index is 1100. The maximum atomic E-state index is 12.8. The standard InChI is InChI=1S/C19H19N3O4S/c1-14-3-2-4-16(11-14)27(24,25)22-9-7-21(8-10-22)19(23)15-5-6-18-17(12-15)20-13-26-18/h2-6,11-13H,7-10H2,1H3. The predicted octanol–water partition coefficient (Wildman–Crippen LogP) is 2.28. The number of aryl methyl sites for hydroxylation is 1. The Morgan fingerprint density at radius 1 is 1.07 bits per heavy atom. The number of piperazine rings is 1. The number of amides is 1. The molecule has 0 spiro atoms. The fourth-order valence-corrected chi connectivity index (χ4v) is 4.76. The summed E-state index contributed by atoms with van der Waals surface area (Å²) in [5, 5.41) is 0. The van der Waals surface area contributed by atoms with E-state index in [1.54, 1.807) is 41.3 Å². The number of carbonyl (C=O) groups excluding carboxylic acids is 1. The van der Waals surface area contributed by atoms with Gasteiger partial charge in [0.05, 0.1) is 4.90 Å². The largest absolute Gasteiger partial charge is 0.443 e. The molecule has 2 heterocycles. The molecule has 8 heteroatoms. The number of carbonyl (C=O) groups is 1. The molecule has 4 rings (SSSR count). The van der Waals surface area contributed by atoms with Gasteiger partial charge < -0.3 is 9.32 Å². The molecule has 1 aromatic heterocycles. The van der Waals surface area contributed by atoms with Gasteiger partial charge in [0.1, 0.15) is 5.52 Å². The molecule has 1 fully saturated rings. The zero-order chi connectivity index (χ0) is 19.0. The van der Waals surface area contributed by atoms with E-state index in [1.165, 1.54) is 10.7 Å². The summed E-state index contributed by atoms with van der Waals surface area (Å²) in [6, 6.07) is 12.0. The smallest absolute Gasteiger partial charge is 0.254 e. The molecule has 1 aliphatic heterocycles. The molecule has 0 bridgehead atoms. The number of hydrogen-bond acceptors (Lipinski definition) is 5. The number of rotatable bonds is 3. The molecule has 27 heavy (non-hydrogen) atoms. The van der Waals surface area contributed by atoms with Crippen molar-refractivity contribution in [1.29, 1.82) is 0 Å². The van der Waals surface area contributed by atoms with Crippen molar-refractivity contribution in [3.05, 3.63) is 60.0 Å². The molecular weight excluding hydrogens is 366 g/mol. The van der Waals surface area contributed by atoms with Gasteiger partial charge in [-0.1, -0.05) is 12.1 Å². The van der Waals surface area contributed by atoms with Gasteiger partial charge in [-0.05, 0) is 42.8 Å². The van der Waals surface area contributed by atoms with Gasteiger partial charge in [-0.2, -0.15) is 4.31 Å². The SMILES string of the molecule is Cc1cccc(S(=O)(=O)N2CCN(C(=O)c3ccc4ocnc4c3)CC2)c1. The zero-order valence-corrected chi connectivity index (χ0v) is 15.6. The molecule has 0 aliphatic carbocycles. The highest BCUT2D eigenvalue weighted by atomic mass is 32.2. The van der Waals surface area contributed by atoms with Crippen LogP contribution in [0.5, 0.6) is 0 Å². The van der Waals surface area contributed by atoms with Gasteiger partial charge in [0.2, 0.25) is 10.0 Å². The molecule has 2 aromatic carbocycles. The highest BCUT2D eigenvalue weighted by Crippen LogP contribution is 2.20. The Morgan fingerprint density at radius 2 is 1.85 bits per heavy atom. The van der Waals surface area contributed by atoms with Crippen LogP contribution in [0.3, 0.4) is 0 Å². The van der Waals surface area contributed by atoms with E-state index in [2.05, 4.69) is 4.98 Å². The van der Waals surface area contributed by atoms with Crippen molar-refractivity contribution in [3.63, 3.8) is 0 Å². The number of benzene rings is 2. The number of hydrogen-bond donors (Lipinski definition) is 0. The lowest BCUT2D eigenvalue weighted by atomic mass is 10.1. The Kier molecular flexibility index (Phi) is 4.45. The first kappa shape index (κ1) is 17.7. The second-order valence-electron chi connectivity index (χ2n) is 6.55. The third-order valence-corrected chi connectivity index (χ3v) is 6.63. The summed E-state index contributed by atoms with van der Waals surface area (Å²) in [6.45, 7) is 3.10. The van der Waals surface area contributed by atoms with Gasteiger partial charge in [-0.3, -0.25) is 4.79 Å². The van der Waals surface area contributed by atoms with Crippen molar-refractivity contribution in [2.24, 2.45) is 0 Å². The Hall–Kier alpha value is -2.71. The van der Waals surface area contributed by atoms with Gasteiger partial charge in [-0.15, -0.1) is 0 Å². The average Bonchev–Trinajstić information content (AvgIpc) is 3.15. The number of oxazole rings is 1. The molecule has 0 unspecified atom stereocenters. The normalized spacial score (nSPS) is 16.0. The van der Waals surface area contributed by atoms with E-state index in [-0.39, 0.29) is 19.0 Å². The number of sulfonamides is 1. The first-order valence-electron chi connectivity index (χ1n) is 8.64. The van der Waals surface area contributed by atoms with Crippen LogP contribution in [-0.2, 0) is 10.0 Å². The first-order valence-corrected chi connectivity index (χ1v) is 10.1. The van der Waals surface area contributed by atoms with Crippen LogP contribution in [0, 0.1) is 6.92 Å². The van der Waals surface area contributed by atoms with Gasteiger partial charge >= 0.3 is 0 Å². The lowest BCUT2D eigenvalue weighted by molar-refractivity contribution is 0.0698. The number of aromatic nitrogens is 1. The van der Waals surface area contributed by atoms with Gasteiger partial charge in [0.15, 0.2) is 12.0 Å². The minimum atomic E-state index is -3.55. The van der Waals surface area contributed by atoms with Gasteiger partial charge in [0, 0.05) is 31.7 Å². The fraction of sp³-hybridized carbons (Fsp3) is 0.263.